The monoisotopic (exact) mass is 431 g/mol. The fraction of sp³-hybridized carbons (Fsp3) is 0.346. The molecule has 0 atom stereocenters. The fourth-order valence-electron chi connectivity index (χ4n) is 4.12. The smallest absolute Gasteiger partial charge is 0.338 e. The Hall–Kier alpha value is -3.41. The summed E-state index contributed by atoms with van der Waals surface area (Å²) < 4.78 is 5.50. The molecule has 6 heteroatoms. The summed E-state index contributed by atoms with van der Waals surface area (Å²) >= 11 is 0. The van der Waals surface area contributed by atoms with E-state index in [1.165, 1.54) is 0 Å². The highest BCUT2D eigenvalue weighted by Gasteiger charge is 2.35. The summed E-state index contributed by atoms with van der Waals surface area (Å²) in [4.78, 5) is 33.3. The van der Waals surface area contributed by atoms with E-state index in [-0.39, 0.29) is 17.2 Å². The van der Waals surface area contributed by atoms with Crippen molar-refractivity contribution in [2.24, 2.45) is 5.41 Å². The summed E-state index contributed by atoms with van der Waals surface area (Å²) in [5, 5.41) is 3.41. The molecule has 1 aromatic carbocycles. The van der Waals surface area contributed by atoms with Crippen LogP contribution >= 0.6 is 0 Å². The number of aromatic amines is 1. The van der Waals surface area contributed by atoms with E-state index < -0.39 is 5.60 Å². The van der Waals surface area contributed by atoms with Crippen molar-refractivity contribution >= 4 is 23.1 Å². The molecule has 2 heterocycles. The highest BCUT2D eigenvalue weighted by molar-refractivity contribution is 6.07. The maximum Gasteiger partial charge on any atom is 0.338 e. The number of carbonyl (C=O) groups excluding carboxylic acids is 2. The van der Waals surface area contributed by atoms with E-state index in [1.54, 1.807) is 30.6 Å². The molecule has 6 nitrogen and oxygen atoms in total. The van der Waals surface area contributed by atoms with E-state index >= 15 is 0 Å². The van der Waals surface area contributed by atoms with Crippen LogP contribution in [0, 0.1) is 5.41 Å². The lowest BCUT2D eigenvalue weighted by Crippen LogP contribution is -2.26. The fourth-order valence-corrected chi connectivity index (χ4v) is 4.12. The van der Waals surface area contributed by atoms with Crippen LogP contribution in [0.1, 0.15) is 67.4 Å². The Morgan fingerprint density at radius 3 is 2.53 bits per heavy atom. The number of nitrogens with one attached hydrogen (secondary N) is 2. The highest BCUT2D eigenvalue weighted by Crippen LogP contribution is 2.43. The second-order valence-electron chi connectivity index (χ2n) is 10.1. The van der Waals surface area contributed by atoms with Gasteiger partial charge in [-0.2, -0.15) is 0 Å². The van der Waals surface area contributed by atoms with Gasteiger partial charge in [0.25, 0.3) is 0 Å². The number of hydrogen-bond acceptors (Lipinski definition) is 5. The second-order valence-corrected chi connectivity index (χ2v) is 10.1. The Balaban J connectivity index is 1.76. The number of nitrogens with zero attached hydrogens (tertiary/aromatic N) is 1. The molecule has 0 aliphatic heterocycles. The lowest BCUT2D eigenvalue weighted by molar-refractivity contribution is 0.00694. The Labute approximate surface area is 188 Å². The van der Waals surface area contributed by atoms with Crippen molar-refractivity contribution in [3.05, 3.63) is 65.6 Å². The van der Waals surface area contributed by atoms with Crippen LogP contribution in [0.3, 0.4) is 0 Å². The van der Waals surface area contributed by atoms with E-state index in [0.29, 0.717) is 23.2 Å². The molecule has 2 aromatic heterocycles. The number of aromatic nitrogens is 2. The van der Waals surface area contributed by atoms with Crippen molar-refractivity contribution in [1.29, 1.82) is 0 Å². The Bertz CT molecular complexity index is 1170. The van der Waals surface area contributed by atoms with E-state index in [0.717, 1.165) is 29.1 Å². The van der Waals surface area contributed by atoms with Crippen molar-refractivity contribution in [2.45, 2.75) is 53.1 Å². The lowest BCUT2D eigenvalue weighted by Gasteiger charge is -2.28. The van der Waals surface area contributed by atoms with Crippen LogP contribution in [0.25, 0.3) is 11.3 Å². The number of fused-ring (bicyclic) bond motifs is 1. The van der Waals surface area contributed by atoms with Crippen LogP contribution < -0.4 is 5.32 Å². The molecule has 1 aliphatic rings. The third-order valence-electron chi connectivity index (χ3n) is 5.39. The van der Waals surface area contributed by atoms with Gasteiger partial charge < -0.3 is 15.0 Å². The van der Waals surface area contributed by atoms with Gasteiger partial charge in [0.2, 0.25) is 0 Å². The molecule has 4 rings (SSSR count). The molecule has 0 unspecified atom stereocenters. The summed E-state index contributed by atoms with van der Waals surface area (Å²) in [5.41, 5.74) is 4.62. The number of carbonyl (C=O) groups is 2. The zero-order valence-electron chi connectivity index (χ0n) is 19.2. The Kier molecular flexibility index (Phi) is 5.41. The van der Waals surface area contributed by atoms with Gasteiger partial charge in [0.15, 0.2) is 5.78 Å². The number of esters is 1. The van der Waals surface area contributed by atoms with Crippen molar-refractivity contribution in [3.8, 4) is 11.3 Å². The van der Waals surface area contributed by atoms with Crippen molar-refractivity contribution in [2.75, 3.05) is 5.32 Å². The van der Waals surface area contributed by atoms with Gasteiger partial charge in [0.1, 0.15) is 5.60 Å². The first-order valence-corrected chi connectivity index (χ1v) is 10.8. The number of benzene rings is 1. The van der Waals surface area contributed by atoms with Crippen LogP contribution in [0.4, 0.5) is 11.4 Å². The summed E-state index contributed by atoms with van der Waals surface area (Å²) in [6.45, 7) is 9.74. The van der Waals surface area contributed by atoms with Crippen molar-refractivity contribution in [3.63, 3.8) is 0 Å². The minimum atomic E-state index is -0.575. The zero-order valence-corrected chi connectivity index (χ0v) is 19.2. The molecule has 1 aliphatic carbocycles. The molecule has 0 amide bonds. The first-order chi connectivity index (χ1) is 15.0. The SMILES string of the molecule is CC1(C)CC(=O)c2c([nH]c(-c3ccncc3)c2Nc2cccc(C(=O)OC(C)(C)C)c2)C1. The number of Topliss-reactive ketones (excluding diaryl/α,β-unsaturated/α-hetero) is 1. The minimum absolute atomic E-state index is 0.0989. The Morgan fingerprint density at radius 2 is 1.84 bits per heavy atom. The molecular weight excluding hydrogens is 402 g/mol. The van der Waals surface area contributed by atoms with Gasteiger partial charge in [-0.1, -0.05) is 19.9 Å². The van der Waals surface area contributed by atoms with Crippen LogP contribution in [0.2, 0.25) is 0 Å². The van der Waals surface area contributed by atoms with Gasteiger partial charge in [-0.3, -0.25) is 9.78 Å². The number of ether oxygens (including phenoxy) is 1. The van der Waals surface area contributed by atoms with E-state index in [4.69, 9.17) is 4.74 Å². The zero-order chi connectivity index (χ0) is 23.1. The van der Waals surface area contributed by atoms with Crippen LogP contribution in [-0.2, 0) is 11.2 Å². The number of pyridine rings is 1. The predicted octanol–water partition coefficient (Wildman–Crippen LogP) is 5.93. The van der Waals surface area contributed by atoms with Gasteiger partial charge >= 0.3 is 5.97 Å². The van der Waals surface area contributed by atoms with Gasteiger partial charge in [-0.15, -0.1) is 0 Å². The number of ketones is 1. The van der Waals surface area contributed by atoms with Crippen LogP contribution in [0.5, 0.6) is 0 Å². The van der Waals surface area contributed by atoms with Crippen LogP contribution in [0.15, 0.2) is 48.8 Å². The topological polar surface area (TPSA) is 84.1 Å². The average Bonchev–Trinajstić information content (AvgIpc) is 3.04. The minimum Gasteiger partial charge on any atom is -0.456 e. The van der Waals surface area contributed by atoms with Gasteiger partial charge in [-0.25, -0.2) is 4.79 Å². The normalized spacial score (nSPS) is 15.2. The third-order valence-corrected chi connectivity index (χ3v) is 5.39. The Morgan fingerprint density at radius 1 is 1.12 bits per heavy atom. The maximum absolute atomic E-state index is 13.1. The number of H-pyrrole nitrogens is 1. The maximum atomic E-state index is 13.1. The molecule has 0 spiro atoms. The van der Waals surface area contributed by atoms with Crippen LogP contribution in [-0.4, -0.2) is 27.3 Å². The molecule has 0 bridgehead atoms. The molecule has 3 aromatic rings. The molecule has 166 valence electrons. The number of anilines is 2. The van der Waals surface area contributed by atoms with Crippen molar-refractivity contribution in [1.82, 2.24) is 9.97 Å². The van der Waals surface area contributed by atoms with Gasteiger partial charge in [-0.05, 0) is 62.9 Å². The highest BCUT2D eigenvalue weighted by atomic mass is 16.6. The molecule has 0 fully saturated rings. The number of rotatable bonds is 4. The second kappa shape index (κ2) is 7.93. The average molecular weight is 432 g/mol. The van der Waals surface area contributed by atoms with Gasteiger partial charge in [0.05, 0.1) is 22.5 Å². The van der Waals surface area contributed by atoms with Gasteiger partial charge in [0, 0.05) is 35.8 Å². The molecule has 0 radical (unpaired) electrons. The molecule has 0 saturated heterocycles. The summed E-state index contributed by atoms with van der Waals surface area (Å²) in [6.07, 6.45) is 4.73. The molecule has 32 heavy (non-hydrogen) atoms. The standard InChI is InChI=1S/C26H29N3O3/c1-25(2,3)32-24(31)17-7-6-8-18(13-17)28-23-21-19(14-26(4,5)15-20(21)30)29-22(23)16-9-11-27-12-10-16/h6-13,28-29H,14-15H2,1-5H3. The quantitative estimate of drug-likeness (QED) is 0.500. The predicted molar refractivity (Wildman–Crippen MR) is 125 cm³/mol. The lowest BCUT2D eigenvalue weighted by atomic mass is 9.76. The van der Waals surface area contributed by atoms with E-state index in [2.05, 4.69) is 29.1 Å². The summed E-state index contributed by atoms with van der Waals surface area (Å²) in [5.74, 6) is -0.275. The first-order valence-electron chi connectivity index (χ1n) is 10.8. The van der Waals surface area contributed by atoms with E-state index in [1.807, 2.05) is 39.0 Å². The largest absolute Gasteiger partial charge is 0.456 e. The molecule has 0 saturated carbocycles. The summed E-state index contributed by atoms with van der Waals surface area (Å²) in [6, 6.07) is 11.0. The number of hydrogen-bond donors (Lipinski definition) is 2. The van der Waals surface area contributed by atoms with E-state index in [9.17, 15) is 9.59 Å². The molecular formula is C26H29N3O3. The summed E-state index contributed by atoms with van der Waals surface area (Å²) in [7, 11) is 0. The van der Waals surface area contributed by atoms with Crippen molar-refractivity contribution < 1.29 is 14.3 Å². The third kappa shape index (κ3) is 4.59. The first kappa shape index (κ1) is 21.8. The molecule has 2 N–H and O–H groups in total.